The molecule has 0 bridgehead atoms. The summed E-state index contributed by atoms with van der Waals surface area (Å²) in [6.45, 7) is 2.11. The van der Waals surface area contributed by atoms with Crippen LogP contribution in [0.2, 0.25) is 0 Å². The van der Waals surface area contributed by atoms with Gasteiger partial charge in [-0.1, -0.05) is 37.5 Å². The Hall–Kier alpha value is -2.01. The van der Waals surface area contributed by atoms with E-state index < -0.39 is 6.17 Å². The van der Waals surface area contributed by atoms with Gasteiger partial charge in [-0.05, 0) is 38.2 Å². The van der Waals surface area contributed by atoms with Crippen LogP contribution in [0.3, 0.4) is 0 Å². The summed E-state index contributed by atoms with van der Waals surface area (Å²) in [4.78, 5) is 31.8. The van der Waals surface area contributed by atoms with E-state index in [-0.39, 0.29) is 24.2 Å². The summed E-state index contributed by atoms with van der Waals surface area (Å²) in [5, 5.41) is 0. The Morgan fingerprint density at radius 3 is 2.62 bits per heavy atom. The fourth-order valence-corrected chi connectivity index (χ4v) is 4.32. The molecule has 26 heavy (non-hydrogen) atoms. The number of aliphatic imine (C=N–C) groups is 1. The van der Waals surface area contributed by atoms with Crippen molar-refractivity contribution >= 4 is 23.1 Å². The number of amides is 1. The third-order valence-electron chi connectivity index (χ3n) is 5.92. The van der Waals surface area contributed by atoms with Crippen molar-refractivity contribution in [3.8, 4) is 0 Å². The number of anilines is 1. The Morgan fingerprint density at radius 2 is 1.92 bits per heavy atom. The normalized spacial score (nSPS) is 24.1. The molecule has 0 radical (unpaired) electrons. The Labute approximate surface area is 154 Å². The molecule has 5 nitrogen and oxygen atoms in total. The van der Waals surface area contributed by atoms with E-state index >= 15 is 0 Å². The van der Waals surface area contributed by atoms with Gasteiger partial charge in [-0.15, -0.1) is 0 Å². The van der Waals surface area contributed by atoms with Gasteiger partial charge in [0, 0.05) is 23.1 Å². The van der Waals surface area contributed by atoms with Crippen LogP contribution < -0.4 is 10.6 Å². The molecule has 138 valence electrons. The first-order valence-electron chi connectivity index (χ1n) is 9.83. The summed E-state index contributed by atoms with van der Waals surface area (Å²) in [6.07, 6.45) is 6.79. The lowest BCUT2D eigenvalue weighted by atomic mass is 9.82. The van der Waals surface area contributed by atoms with Crippen LogP contribution in [0.25, 0.3) is 0 Å². The maximum Gasteiger partial charge on any atom is 0.266 e. The second kappa shape index (κ2) is 6.95. The quantitative estimate of drug-likeness (QED) is 0.904. The molecule has 2 N–H and O–H groups in total. The van der Waals surface area contributed by atoms with Gasteiger partial charge in [0.2, 0.25) is 0 Å². The maximum atomic E-state index is 13.0. The number of rotatable bonds is 4. The number of carbonyl (C=O) groups excluding carboxylic acids is 2. The summed E-state index contributed by atoms with van der Waals surface area (Å²) in [5.41, 5.74) is 9.96. The second-order valence-electron chi connectivity index (χ2n) is 7.93. The largest absolute Gasteiger partial charge is 0.302 e. The van der Waals surface area contributed by atoms with E-state index in [0.717, 1.165) is 48.2 Å². The summed E-state index contributed by atoms with van der Waals surface area (Å²) < 4.78 is 0. The van der Waals surface area contributed by atoms with E-state index in [9.17, 15) is 9.59 Å². The lowest BCUT2D eigenvalue weighted by Crippen LogP contribution is -2.45. The maximum absolute atomic E-state index is 13.0. The molecule has 0 spiro atoms. The summed E-state index contributed by atoms with van der Waals surface area (Å²) in [6, 6.07) is 6.04. The molecule has 0 saturated heterocycles. The predicted octanol–water partition coefficient (Wildman–Crippen LogP) is 2.97. The Kier molecular flexibility index (Phi) is 4.65. The van der Waals surface area contributed by atoms with Gasteiger partial charge >= 0.3 is 0 Å². The predicted molar refractivity (Wildman–Crippen MR) is 102 cm³/mol. The zero-order valence-electron chi connectivity index (χ0n) is 15.4. The van der Waals surface area contributed by atoms with Gasteiger partial charge in [-0.25, -0.2) is 0 Å². The van der Waals surface area contributed by atoms with Crippen molar-refractivity contribution in [3.05, 3.63) is 29.3 Å². The molecule has 1 aromatic carbocycles. The van der Waals surface area contributed by atoms with Crippen molar-refractivity contribution in [2.45, 2.75) is 58.0 Å². The molecule has 4 rings (SSSR count). The van der Waals surface area contributed by atoms with E-state index in [4.69, 9.17) is 5.73 Å². The Bertz CT molecular complexity index is 761. The first kappa shape index (κ1) is 17.4. The molecule has 1 amide bonds. The van der Waals surface area contributed by atoms with Gasteiger partial charge in [0.15, 0.2) is 11.9 Å². The van der Waals surface area contributed by atoms with E-state index in [1.165, 1.54) is 19.3 Å². The first-order chi connectivity index (χ1) is 12.6. The van der Waals surface area contributed by atoms with Gasteiger partial charge < -0.3 is 10.6 Å². The van der Waals surface area contributed by atoms with Crippen LogP contribution in [0.4, 0.5) is 5.69 Å². The highest BCUT2D eigenvalue weighted by Crippen LogP contribution is 2.36. The van der Waals surface area contributed by atoms with Gasteiger partial charge in [0.1, 0.15) is 0 Å². The first-order valence-corrected chi connectivity index (χ1v) is 9.83. The molecule has 2 aliphatic carbocycles. The molecule has 1 aliphatic heterocycles. The fourth-order valence-electron chi connectivity index (χ4n) is 4.32. The van der Waals surface area contributed by atoms with E-state index in [1.807, 2.05) is 25.1 Å². The monoisotopic (exact) mass is 353 g/mol. The zero-order chi connectivity index (χ0) is 18.3. The third-order valence-corrected chi connectivity index (χ3v) is 5.92. The second-order valence-corrected chi connectivity index (χ2v) is 7.93. The molecule has 0 aromatic heterocycles. The van der Waals surface area contributed by atoms with Gasteiger partial charge in [0.25, 0.3) is 5.91 Å². The Morgan fingerprint density at radius 1 is 1.19 bits per heavy atom. The van der Waals surface area contributed by atoms with E-state index in [0.29, 0.717) is 5.92 Å². The lowest BCUT2D eigenvalue weighted by Gasteiger charge is -2.27. The number of ketones is 1. The molecule has 0 unspecified atom stereocenters. The highest BCUT2D eigenvalue weighted by Gasteiger charge is 2.37. The van der Waals surface area contributed by atoms with Crippen LogP contribution in [0.15, 0.2) is 23.2 Å². The van der Waals surface area contributed by atoms with Crippen LogP contribution >= 0.6 is 0 Å². The van der Waals surface area contributed by atoms with Crippen molar-refractivity contribution in [3.63, 3.8) is 0 Å². The molecule has 5 heteroatoms. The van der Waals surface area contributed by atoms with Crippen LogP contribution in [-0.4, -0.2) is 30.1 Å². The van der Waals surface area contributed by atoms with Gasteiger partial charge in [-0.2, -0.15) is 0 Å². The standard InChI is InChI=1S/C21H27N3O2/c1-13-6-5-9-16-18(15-7-3-2-4-8-15)23-20(22)21(26)24(19(13)16)12-17(25)14-10-11-14/h5-6,9,14-15,20H,2-4,7-8,10-12,22H2,1H3/t20-/m0/s1. The summed E-state index contributed by atoms with van der Waals surface area (Å²) in [7, 11) is 0. The van der Waals surface area contributed by atoms with Gasteiger partial charge in [-0.3, -0.25) is 14.6 Å². The minimum absolute atomic E-state index is 0.114. The lowest BCUT2D eigenvalue weighted by molar-refractivity contribution is -0.123. The number of fused-ring (bicyclic) bond motifs is 1. The molecule has 1 aromatic rings. The summed E-state index contributed by atoms with van der Waals surface area (Å²) >= 11 is 0. The third kappa shape index (κ3) is 3.20. The number of benzene rings is 1. The molecule has 1 atom stereocenters. The van der Waals surface area contributed by atoms with Crippen molar-refractivity contribution < 1.29 is 9.59 Å². The highest BCUT2D eigenvalue weighted by atomic mass is 16.2. The Balaban J connectivity index is 1.77. The van der Waals surface area contributed by atoms with E-state index in [2.05, 4.69) is 4.99 Å². The number of nitrogens with zero attached hydrogens (tertiary/aromatic N) is 2. The number of carbonyl (C=O) groups is 2. The minimum Gasteiger partial charge on any atom is -0.302 e. The SMILES string of the molecule is Cc1cccc2c1N(CC(=O)C1CC1)C(=O)[C@@H](N)N=C2C1CCCCC1. The molecular formula is C21H27N3O2. The average Bonchev–Trinajstić information content (AvgIpc) is 3.49. The highest BCUT2D eigenvalue weighted by molar-refractivity contribution is 6.15. The topological polar surface area (TPSA) is 75.8 Å². The smallest absolute Gasteiger partial charge is 0.266 e. The molecule has 3 aliphatic rings. The number of nitrogens with two attached hydrogens (primary N) is 1. The van der Waals surface area contributed by atoms with Crippen molar-refractivity contribution in [2.24, 2.45) is 22.6 Å². The van der Waals surface area contributed by atoms with Crippen molar-refractivity contribution in [1.82, 2.24) is 0 Å². The summed E-state index contributed by atoms with van der Waals surface area (Å²) in [5.74, 6) is 0.344. The molecule has 2 saturated carbocycles. The van der Waals surface area contributed by atoms with Crippen LogP contribution in [-0.2, 0) is 9.59 Å². The van der Waals surface area contributed by atoms with Crippen molar-refractivity contribution in [2.75, 3.05) is 11.4 Å². The number of benzodiazepines with no additional fused rings is 1. The zero-order valence-corrected chi connectivity index (χ0v) is 15.4. The number of hydrogen-bond acceptors (Lipinski definition) is 4. The molecular weight excluding hydrogens is 326 g/mol. The van der Waals surface area contributed by atoms with Crippen LogP contribution in [0.1, 0.15) is 56.1 Å². The minimum atomic E-state index is -0.925. The molecule has 2 fully saturated rings. The molecule has 1 heterocycles. The van der Waals surface area contributed by atoms with Crippen LogP contribution in [0.5, 0.6) is 0 Å². The average molecular weight is 353 g/mol. The number of Topliss-reactive ketones (excluding diaryl/α,β-unsaturated/α-hetero) is 1. The van der Waals surface area contributed by atoms with E-state index in [1.54, 1.807) is 4.90 Å². The van der Waals surface area contributed by atoms with Crippen molar-refractivity contribution in [1.29, 1.82) is 0 Å². The number of hydrogen-bond donors (Lipinski definition) is 1. The number of para-hydroxylation sites is 1. The van der Waals surface area contributed by atoms with Gasteiger partial charge in [0.05, 0.1) is 12.2 Å². The van der Waals surface area contributed by atoms with Crippen LogP contribution in [0, 0.1) is 18.8 Å². The number of aryl methyl sites for hydroxylation is 1. The fraction of sp³-hybridized carbons (Fsp3) is 0.571.